The molecule has 0 radical (unpaired) electrons. The van der Waals surface area contributed by atoms with Crippen LogP contribution in [0.5, 0.6) is 5.75 Å². The normalized spacial score (nSPS) is 13.4. The summed E-state index contributed by atoms with van der Waals surface area (Å²) in [6.45, 7) is 4.36. The highest BCUT2D eigenvalue weighted by atomic mass is 16.5. The van der Waals surface area contributed by atoms with Crippen molar-refractivity contribution in [1.29, 1.82) is 0 Å². The Hall–Kier alpha value is -2.82. The fourth-order valence-electron chi connectivity index (χ4n) is 2.38. The number of aryl methyl sites for hydroxylation is 2. The lowest BCUT2D eigenvalue weighted by Crippen LogP contribution is -2.13. The van der Waals surface area contributed by atoms with Gasteiger partial charge in [-0.15, -0.1) is 0 Å². The van der Waals surface area contributed by atoms with Gasteiger partial charge in [0.1, 0.15) is 5.75 Å². The molecule has 0 unspecified atom stereocenters. The lowest BCUT2D eigenvalue weighted by atomic mass is 10.1. The molecule has 2 aromatic rings. The number of carbonyl (C=O) groups excluding carboxylic acids is 2. The van der Waals surface area contributed by atoms with Crippen LogP contribution in [0.4, 0.5) is 11.4 Å². The molecule has 5 heteroatoms. The minimum atomic E-state index is -0.227. The number of amides is 2. The second kappa shape index (κ2) is 6.12. The molecule has 1 aliphatic rings. The van der Waals surface area contributed by atoms with Crippen molar-refractivity contribution in [2.75, 3.05) is 17.2 Å². The van der Waals surface area contributed by atoms with E-state index < -0.39 is 0 Å². The SMILES string of the molecule is Cc1ccc(NC(=O)c2ccc3c(c2)NC(=O)CCO3)cc1C. The second-order valence-electron chi connectivity index (χ2n) is 5.61. The molecule has 23 heavy (non-hydrogen) atoms. The van der Waals surface area contributed by atoms with E-state index in [9.17, 15) is 9.59 Å². The van der Waals surface area contributed by atoms with Crippen LogP contribution in [0, 0.1) is 13.8 Å². The van der Waals surface area contributed by atoms with E-state index in [1.807, 2.05) is 32.0 Å². The van der Waals surface area contributed by atoms with Gasteiger partial charge in [0.05, 0.1) is 18.7 Å². The third-order valence-electron chi connectivity index (χ3n) is 3.87. The molecule has 0 fully saturated rings. The van der Waals surface area contributed by atoms with Gasteiger partial charge in [-0.2, -0.15) is 0 Å². The summed E-state index contributed by atoms with van der Waals surface area (Å²) in [7, 11) is 0. The number of nitrogens with one attached hydrogen (secondary N) is 2. The van der Waals surface area contributed by atoms with Crippen molar-refractivity contribution in [1.82, 2.24) is 0 Å². The molecular formula is C18H18N2O3. The Morgan fingerprint density at radius 3 is 2.74 bits per heavy atom. The third-order valence-corrected chi connectivity index (χ3v) is 3.87. The van der Waals surface area contributed by atoms with E-state index in [0.29, 0.717) is 30.0 Å². The summed E-state index contributed by atoms with van der Waals surface area (Å²) in [5.74, 6) is 0.239. The summed E-state index contributed by atoms with van der Waals surface area (Å²) in [4.78, 5) is 24.0. The molecule has 2 aromatic carbocycles. The molecule has 5 nitrogen and oxygen atoms in total. The number of rotatable bonds is 2. The van der Waals surface area contributed by atoms with E-state index in [2.05, 4.69) is 10.6 Å². The number of anilines is 2. The van der Waals surface area contributed by atoms with Crippen LogP contribution >= 0.6 is 0 Å². The number of hydrogen-bond donors (Lipinski definition) is 2. The quantitative estimate of drug-likeness (QED) is 0.894. The van der Waals surface area contributed by atoms with Gasteiger partial charge < -0.3 is 15.4 Å². The predicted octanol–water partition coefficient (Wildman–Crippen LogP) is 3.28. The molecule has 3 rings (SSSR count). The summed E-state index contributed by atoms with van der Waals surface area (Å²) in [6.07, 6.45) is 0.304. The van der Waals surface area contributed by atoms with Gasteiger partial charge in [-0.1, -0.05) is 6.07 Å². The Balaban J connectivity index is 1.82. The monoisotopic (exact) mass is 310 g/mol. The molecule has 2 N–H and O–H groups in total. The minimum absolute atomic E-state index is 0.115. The summed E-state index contributed by atoms with van der Waals surface area (Å²) >= 11 is 0. The fraction of sp³-hybridized carbons (Fsp3) is 0.222. The maximum Gasteiger partial charge on any atom is 0.255 e. The van der Waals surface area contributed by atoms with Crippen molar-refractivity contribution in [3.63, 3.8) is 0 Å². The summed E-state index contributed by atoms with van der Waals surface area (Å²) < 4.78 is 5.49. The first-order valence-electron chi connectivity index (χ1n) is 7.48. The van der Waals surface area contributed by atoms with Crippen molar-refractivity contribution in [2.45, 2.75) is 20.3 Å². The zero-order chi connectivity index (χ0) is 16.4. The summed E-state index contributed by atoms with van der Waals surface area (Å²) in [6, 6.07) is 10.8. The zero-order valence-corrected chi connectivity index (χ0v) is 13.1. The van der Waals surface area contributed by atoms with Crippen molar-refractivity contribution in [3.8, 4) is 5.75 Å². The van der Waals surface area contributed by atoms with E-state index in [-0.39, 0.29) is 11.8 Å². The van der Waals surface area contributed by atoms with Crippen LogP contribution in [0.1, 0.15) is 27.9 Å². The summed E-state index contributed by atoms with van der Waals surface area (Å²) in [5, 5.41) is 5.62. The Morgan fingerprint density at radius 1 is 1.13 bits per heavy atom. The average molecular weight is 310 g/mol. The molecule has 0 aliphatic carbocycles. The first-order valence-corrected chi connectivity index (χ1v) is 7.48. The van der Waals surface area contributed by atoms with Gasteiger partial charge in [-0.25, -0.2) is 0 Å². The Labute approximate surface area is 134 Å². The highest BCUT2D eigenvalue weighted by molar-refractivity contribution is 6.06. The number of hydrogen-bond acceptors (Lipinski definition) is 3. The van der Waals surface area contributed by atoms with Crippen LogP contribution in [-0.2, 0) is 4.79 Å². The van der Waals surface area contributed by atoms with Gasteiger partial charge in [-0.05, 0) is 55.3 Å². The molecule has 0 bridgehead atoms. The van der Waals surface area contributed by atoms with E-state index in [0.717, 1.165) is 11.3 Å². The van der Waals surface area contributed by atoms with Crippen LogP contribution in [0.3, 0.4) is 0 Å². The lowest BCUT2D eigenvalue weighted by Gasteiger charge is -2.11. The highest BCUT2D eigenvalue weighted by Gasteiger charge is 2.16. The van der Waals surface area contributed by atoms with Crippen molar-refractivity contribution in [3.05, 3.63) is 53.1 Å². The van der Waals surface area contributed by atoms with E-state index >= 15 is 0 Å². The largest absolute Gasteiger partial charge is 0.491 e. The van der Waals surface area contributed by atoms with Crippen molar-refractivity contribution < 1.29 is 14.3 Å². The van der Waals surface area contributed by atoms with Gasteiger partial charge in [0.2, 0.25) is 5.91 Å². The van der Waals surface area contributed by atoms with Crippen LogP contribution in [0.15, 0.2) is 36.4 Å². The lowest BCUT2D eigenvalue weighted by molar-refractivity contribution is -0.116. The molecule has 0 saturated carbocycles. The van der Waals surface area contributed by atoms with E-state index in [1.165, 1.54) is 5.56 Å². The molecule has 1 heterocycles. The minimum Gasteiger partial charge on any atom is -0.491 e. The number of carbonyl (C=O) groups is 2. The summed E-state index contributed by atoms with van der Waals surface area (Å²) in [5.41, 5.74) is 4.03. The smallest absolute Gasteiger partial charge is 0.255 e. The Morgan fingerprint density at radius 2 is 1.96 bits per heavy atom. The zero-order valence-electron chi connectivity index (χ0n) is 13.1. The number of fused-ring (bicyclic) bond motifs is 1. The molecule has 1 aliphatic heterocycles. The number of ether oxygens (including phenoxy) is 1. The van der Waals surface area contributed by atoms with Crippen LogP contribution in [-0.4, -0.2) is 18.4 Å². The van der Waals surface area contributed by atoms with E-state index in [4.69, 9.17) is 4.74 Å². The van der Waals surface area contributed by atoms with Crippen molar-refractivity contribution in [2.24, 2.45) is 0 Å². The maximum atomic E-state index is 12.4. The fourth-order valence-corrected chi connectivity index (χ4v) is 2.38. The standard InChI is InChI=1S/C18H18N2O3/c1-11-3-5-14(9-12(11)2)19-18(22)13-4-6-16-15(10-13)20-17(21)7-8-23-16/h3-6,9-10H,7-8H2,1-2H3,(H,19,22)(H,20,21). The van der Waals surface area contributed by atoms with E-state index in [1.54, 1.807) is 18.2 Å². The topological polar surface area (TPSA) is 67.4 Å². The first kappa shape index (κ1) is 15.1. The van der Waals surface area contributed by atoms with Crippen LogP contribution in [0.2, 0.25) is 0 Å². The Kier molecular flexibility index (Phi) is 4.02. The molecule has 0 spiro atoms. The van der Waals surface area contributed by atoms with Gasteiger partial charge in [0.15, 0.2) is 0 Å². The second-order valence-corrected chi connectivity index (χ2v) is 5.61. The molecule has 0 atom stereocenters. The van der Waals surface area contributed by atoms with Gasteiger partial charge in [-0.3, -0.25) is 9.59 Å². The molecule has 118 valence electrons. The van der Waals surface area contributed by atoms with Gasteiger partial charge in [0, 0.05) is 11.3 Å². The van der Waals surface area contributed by atoms with Crippen LogP contribution < -0.4 is 15.4 Å². The highest BCUT2D eigenvalue weighted by Crippen LogP contribution is 2.28. The van der Waals surface area contributed by atoms with Crippen LogP contribution in [0.25, 0.3) is 0 Å². The molecule has 2 amide bonds. The third kappa shape index (κ3) is 3.34. The maximum absolute atomic E-state index is 12.4. The number of benzene rings is 2. The predicted molar refractivity (Wildman–Crippen MR) is 89.1 cm³/mol. The average Bonchev–Trinajstić information content (AvgIpc) is 2.70. The molecule has 0 saturated heterocycles. The van der Waals surface area contributed by atoms with Gasteiger partial charge >= 0.3 is 0 Å². The van der Waals surface area contributed by atoms with Gasteiger partial charge in [0.25, 0.3) is 5.91 Å². The molecule has 0 aromatic heterocycles. The molecular weight excluding hydrogens is 292 g/mol. The first-order chi connectivity index (χ1) is 11.0. The van der Waals surface area contributed by atoms with Crippen molar-refractivity contribution >= 4 is 23.2 Å². The Bertz CT molecular complexity index is 784.